The highest BCUT2D eigenvalue weighted by Gasteiger charge is 2.20. The van der Waals surface area contributed by atoms with Crippen molar-refractivity contribution in [1.82, 2.24) is 4.90 Å². The third-order valence-corrected chi connectivity index (χ3v) is 2.55. The van der Waals surface area contributed by atoms with Crippen molar-refractivity contribution in [2.75, 3.05) is 13.1 Å². The summed E-state index contributed by atoms with van der Waals surface area (Å²) in [6.07, 6.45) is 4.81. The van der Waals surface area contributed by atoms with Crippen molar-refractivity contribution < 1.29 is 9.90 Å². The summed E-state index contributed by atoms with van der Waals surface area (Å²) in [5, 5.41) is 8.78. The van der Waals surface area contributed by atoms with Crippen LogP contribution in [0.15, 0.2) is 0 Å². The summed E-state index contributed by atoms with van der Waals surface area (Å²) in [6, 6.07) is -0.303. The van der Waals surface area contributed by atoms with E-state index in [1.165, 1.54) is 12.8 Å². The molecule has 4 heteroatoms. The van der Waals surface area contributed by atoms with Gasteiger partial charge in [0.1, 0.15) is 6.04 Å². The third-order valence-electron chi connectivity index (χ3n) is 2.55. The predicted molar refractivity (Wildman–Crippen MR) is 54.4 cm³/mol. The standard InChI is InChI=1S/C9H17NO2.ClH/c1-8(9(11)12)10-6-4-2-3-5-7-10;/h8H,2-7H2,1H3,(H,11,12);1H. The largest absolute Gasteiger partial charge is 0.480 e. The van der Waals surface area contributed by atoms with Gasteiger partial charge in [-0.2, -0.15) is 0 Å². The van der Waals surface area contributed by atoms with Gasteiger partial charge in [-0.25, -0.2) is 0 Å². The van der Waals surface area contributed by atoms with E-state index in [0.717, 1.165) is 25.9 Å². The second kappa shape index (κ2) is 6.22. The number of carboxylic acids is 1. The lowest BCUT2D eigenvalue weighted by Crippen LogP contribution is -2.39. The molecule has 0 aromatic heterocycles. The minimum atomic E-state index is -0.697. The van der Waals surface area contributed by atoms with Gasteiger partial charge >= 0.3 is 5.97 Å². The highest BCUT2D eigenvalue weighted by Crippen LogP contribution is 2.12. The highest BCUT2D eigenvalue weighted by atomic mass is 35.5. The number of hydrogen-bond donors (Lipinski definition) is 1. The summed E-state index contributed by atoms with van der Waals surface area (Å²) >= 11 is 0. The van der Waals surface area contributed by atoms with E-state index in [1.54, 1.807) is 6.92 Å². The Morgan fingerprint density at radius 1 is 1.23 bits per heavy atom. The lowest BCUT2D eigenvalue weighted by atomic mass is 10.2. The molecule has 0 amide bonds. The molecule has 1 N–H and O–H groups in total. The molecule has 0 aliphatic carbocycles. The average Bonchev–Trinajstić information content (AvgIpc) is 2.30. The zero-order valence-corrected chi connectivity index (χ0v) is 8.85. The molecular formula is C9H18ClNO2. The van der Waals surface area contributed by atoms with Crippen LogP contribution in [-0.2, 0) is 4.79 Å². The molecule has 0 aromatic rings. The fourth-order valence-corrected chi connectivity index (χ4v) is 1.64. The van der Waals surface area contributed by atoms with E-state index < -0.39 is 5.97 Å². The Bertz CT molecular complexity index is 156. The molecule has 0 radical (unpaired) electrons. The molecule has 0 saturated carbocycles. The maximum absolute atomic E-state index is 10.7. The zero-order chi connectivity index (χ0) is 8.97. The molecule has 13 heavy (non-hydrogen) atoms. The Hall–Kier alpha value is -0.280. The van der Waals surface area contributed by atoms with E-state index in [9.17, 15) is 4.79 Å². The molecule has 1 aliphatic rings. The Morgan fingerprint density at radius 2 is 1.69 bits per heavy atom. The molecule has 0 aromatic carbocycles. The quantitative estimate of drug-likeness (QED) is 0.750. The van der Waals surface area contributed by atoms with E-state index in [4.69, 9.17) is 5.11 Å². The van der Waals surface area contributed by atoms with Crippen LogP contribution in [0.4, 0.5) is 0 Å². The van der Waals surface area contributed by atoms with E-state index in [-0.39, 0.29) is 18.4 Å². The number of likely N-dealkylation sites (tertiary alicyclic amines) is 1. The van der Waals surface area contributed by atoms with Gasteiger partial charge in [-0.1, -0.05) is 12.8 Å². The summed E-state index contributed by atoms with van der Waals surface area (Å²) in [6.45, 7) is 3.68. The first kappa shape index (κ1) is 12.7. The lowest BCUT2D eigenvalue weighted by Gasteiger charge is -2.23. The summed E-state index contributed by atoms with van der Waals surface area (Å²) in [5.41, 5.74) is 0. The lowest BCUT2D eigenvalue weighted by molar-refractivity contribution is -0.142. The minimum absolute atomic E-state index is 0. The van der Waals surface area contributed by atoms with Gasteiger partial charge in [0.2, 0.25) is 0 Å². The van der Waals surface area contributed by atoms with Gasteiger partial charge in [-0.05, 0) is 32.9 Å². The first-order valence-corrected chi connectivity index (χ1v) is 4.68. The van der Waals surface area contributed by atoms with Crippen LogP contribution in [0, 0.1) is 0 Å². The molecule has 0 spiro atoms. The van der Waals surface area contributed by atoms with Crippen molar-refractivity contribution in [2.24, 2.45) is 0 Å². The van der Waals surface area contributed by atoms with Crippen molar-refractivity contribution in [1.29, 1.82) is 0 Å². The number of nitrogens with zero attached hydrogens (tertiary/aromatic N) is 1. The monoisotopic (exact) mass is 207 g/mol. The molecule has 1 heterocycles. The number of carboxylic acid groups (broad SMARTS) is 1. The second-order valence-electron chi connectivity index (χ2n) is 3.46. The van der Waals surface area contributed by atoms with Crippen LogP contribution < -0.4 is 0 Å². The summed E-state index contributed by atoms with van der Waals surface area (Å²) in [4.78, 5) is 12.7. The zero-order valence-electron chi connectivity index (χ0n) is 8.03. The Labute approximate surface area is 85.5 Å². The van der Waals surface area contributed by atoms with Crippen molar-refractivity contribution in [3.63, 3.8) is 0 Å². The van der Waals surface area contributed by atoms with Crippen molar-refractivity contribution in [2.45, 2.75) is 38.6 Å². The molecule has 0 bridgehead atoms. The highest BCUT2D eigenvalue weighted by molar-refractivity contribution is 5.85. The normalized spacial score (nSPS) is 21.3. The number of hydrogen-bond acceptors (Lipinski definition) is 2. The van der Waals surface area contributed by atoms with Gasteiger partial charge in [0.05, 0.1) is 0 Å². The minimum Gasteiger partial charge on any atom is -0.480 e. The molecule has 1 unspecified atom stereocenters. The Balaban J connectivity index is 0.00000144. The smallest absolute Gasteiger partial charge is 0.320 e. The number of carbonyl (C=O) groups is 1. The van der Waals surface area contributed by atoms with Crippen LogP contribution >= 0.6 is 12.4 Å². The van der Waals surface area contributed by atoms with Crippen LogP contribution in [0.25, 0.3) is 0 Å². The number of aliphatic carboxylic acids is 1. The van der Waals surface area contributed by atoms with Crippen molar-refractivity contribution in [3.05, 3.63) is 0 Å². The molecule has 1 saturated heterocycles. The van der Waals surface area contributed by atoms with Gasteiger partial charge in [0, 0.05) is 0 Å². The van der Waals surface area contributed by atoms with E-state index >= 15 is 0 Å². The molecule has 1 rings (SSSR count). The van der Waals surface area contributed by atoms with E-state index in [0.29, 0.717) is 0 Å². The molecular weight excluding hydrogens is 190 g/mol. The Morgan fingerprint density at radius 3 is 2.08 bits per heavy atom. The van der Waals surface area contributed by atoms with Gasteiger partial charge in [0.25, 0.3) is 0 Å². The van der Waals surface area contributed by atoms with Gasteiger partial charge < -0.3 is 5.11 Å². The van der Waals surface area contributed by atoms with Crippen LogP contribution in [0.1, 0.15) is 32.6 Å². The Kier molecular flexibility index (Phi) is 6.08. The fourth-order valence-electron chi connectivity index (χ4n) is 1.64. The third kappa shape index (κ3) is 3.96. The molecule has 78 valence electrons. The molecule has 3 nitrogen and oxygen atoms in total. The molecule has 1 atom stereocenters. The summed E-state index contributed by atoms with van der Waals surface area (Å²) < 4.78 is 0. The average molecular weight is 208 g/mol. The second-order valence-corrected chi connectivity index (χ2v) is 3.46. The van der Waals surface area contributed by atoms with Crippen molar-refractivity contribution in [3.8, 4) is 0 Å². The van der Waals surface area contributed by atoms with Gasteiger partial charge in [0.15, 0.2) is 0 Å². The predicted octanol–water partition coefficient (Wildman–Crippen LogP) is 1.76. The first-order chi connectivity index (χ1) is 5.72. The summed E-state index contributed by atoms with van der Waals surface area (Å²) in [7, 11) is 0. The maximum atomic E-state index is 10.7. The van der Waals surface area contributed by atoms with Crippen LogP contribution in [0.5, 0.6) is 0 Å². The maximum Gasteiger partial charge on any atom is 0.320 e. The topological polar surface area (TPSA) is 40.5 Å². The molecule has 1 fully saturated rings. The number of rotatable bonds is 2. The summed E-state index contributed by atoms with van der Waals surface area (Å²) in [5.74, 6) is -0.697. The van der Waals surface area contributed by atoms with Crippen LogP contribution in [0.3, 0.4) is 0 Å². The van der Waals surface area contributed by atoms with Crippen LogP contribution in [0.2, 0.25) is 0 Å². The van der Waals surface area contributed by atoms with Crippen molar-refractivity contribution >= 4 is 18.4 Å². The molecule has 1 aliphatic heterocycles. The van der Waals surface area contributed by atoms with E-state index in [2.05, 4.69) is 4.90 Å². The van der Waals surface area contributed by atoms with E-state index in [1.807, 2.05) is 0 Å². The van der Waals surface area contributed by atoms with Gasteiger partial charge in [-0.15, -0.1) is 12.4 Å². The first-order valence-electron chi connectivity index (χ1n) is 4.68. The number of halogens is 1. The van der Waals surface area contributed by atoms with Gasteiger partial charge in [-0.3, -0.25) is 9.69 Å². The fraction of sp³-hybridized carbons (Fsp3) is 0.889. The van der Waals surface area contributed by atoms with Crippen LogP contribution in [-0.4, -0.2) is 35.1 Å². The SMILES string of the molecule is CC(C(=O)O)N1CCCCCC1.Cl.